The lowest BCUT2D eigenvalue weighted by molar-refractivity contribution is 0.0354. The molecule has 0 spiro atoms. The Bertz CT molecular complexity index is 1340. The summed E-state index contributed by atoms with van der Waals surface area (Å²) in [5.41, 5.74) is 3.65. The fourth-order valence-corrected chi connectivity index (χ4v) is 4.25. The average molecular weight is 447 g/mol. The first-order chi connectivity index (χ1) is 16.0. The minimum Gasteiger partial charge on any atom is -0.454 e. The van der Waals surface area contributed by atoms with Gasteiger partial charge in [-0.25, -0.2) is 9.47 Å². The Morgan fingerprint density at radius 2 is 1.85 bits per heavy atom. The van der Waals surface area contributed by atoms with Crippen molar-refractivity contribution < 1.29 is 19.4 Å². The number of imidazole rings is 1. The quantitative estimate of drug-likeness (QED) is 0.422. The second kappa shape index (κ2) is 8.55. The van der Waals surface area contributed by atoms with E-state index in [0.29, 0.717) is 29.0 Å². The summed E-state index contributed by atoms with van der Waals surface area (Å²) < 4.78 is 13.4. The number of para-hydroxylation sites is 1. The maximum atomic E-state index is 12.9. The van der Waals surface area contributed by atoms with Crippen molar-refractivity contribution in [2.45, 2.75) is 25.4 Å². The first-order valence-electron chi connectivity index (χ1n) is 10.8. The van der Waals surface area contributed by atoms with Crippen LogP contribution in [0.5, 0.6) is 11.5 Å². The lowest BCUT2D eigenvalue weighted by Crippen LogP contribution is -2.34. The van der Waals surface area contributed by atoms with E-state index in [1.807, 2.05) is 48.5 Å². The third-order valence-electron chi connectivity index (χ3n) is 5.79. The maximum absolute atomic E-state index is 12.9. The van der Waals surface area contributed by atoms with E-state index in [0.717, 1.165) is 26.1 Å². The van der Waals surface area contributed by atoms with Gasteiger partial charge in [0.15, 0.2) is 11.5 Å². The van der Waals surface area contributed by atoms with Gasteiger partial charge in [-0.3, -0.25) is 0 Å². The summed E-state index contributed by atoms with van der Waals surface area (Å²) in [6.45, 7) is 1.76. The van der Waals surface area contributed by atoms with Crippen molar-refractivity contribution in [2.75, 3.05) is 19.2 Å². The van der Waals surface area contributed by atoms with Crippen LogP contribution in [0.25, 0.3) is 11.0 Å². The molecule has 1 aliphatic heterocycles. The van der Waals surface area contributed by atoms with Crippen LogP contribution >= 0.6 is 0 Å². The van der Waals surface area contributed by atoms with Gasteiger partial charge in [0.2, 0.25) is 6.79 Å². The number of nitrogens with two attached hydrogens (primary N) is 1. The zero-order valence-corrected chi connectivity index (χ0v) is 18.2. The van der Waals surface area contributed by atoms with Crippen LogP contribution in [-0.2, 0) is 6.42 Å². The molecule has 0 radical (unpaired) electrons. The summed E-state index contributed by atoms with van der Waals surface area (Å²) in [6, 6.07) is 21.7. The highest BCUT2D eigenvalue weighted by Crippen LogP contribution is 2.39. The topological polar surface area (TPSA) is 101 Å². The van der Waals surface area contributed by atoms with Crippen LogP contribution in [0.2, 0.25) is 0 Å². The zero-order chi connectivity index (χ0) is 22.9. The van der Waals surface area contributed by atoms with Gasteiger partial charge in [-0.05, 0) is 48.2 Å². The molecule has 2 unspecified atom stereocenters. The normalized spacial score (nSPS) is 14.4. The number of aromatic nitrogens is 2. The molecule has 170 valence electrons. The Morgan fingerprint density at radius 3 is 2.64 bits per heavy atom. The van der Waals surface area contributed by atoms with E-state index in [4.69, 9.17) is 20.2 Å². The van der Waals surface area contributed by atoms with E-state index in [2.05, 4.69) is 12.1 Å². The van der Waals surface area contributed by atoms with Crippen LogP contribution in [0.3, 0.4) is 0 Å². The van der Waals surface area contributed by atoms with Crippen LogP contribution in [0.1, 0.15) is 29.5 Å². The summed E-state index contributed by atoms with van der Waals surface area (Å²) in [6.07, 6.45) is -0.0382. The highest BCUT2D eigenvalue weighted by atomic mass is 16.7. The Balaban J connectivity index is 1.67. The molecule has 2 heterocycles. The summed E-state index contributed by atoms with van der Waals surface area (Å²) in [4.78, 5) is 18.4. The molecular weight excluding hydrogens is 422 g/mol. The second-order valence-corrected chi connectivity index (χ2v) is 8.16. The molecule has 1 aliphatic rings. The SMILES string of the molecule is CC(O)COn1c(=O)n(N)c2c(C(Cc3ccccc3)c3ccc4c(c3)OCO4)cccc21. The molecule has 4 aromatic rings. The van der Waals surface area contributed by atoms with Crippen molar-refractivity contribution in [1.29, 1.82) is 0 Å². The predicted molar refractivity (Wildman–Crippen MR) is 124 cm³/mol. The van der Waals surface area contributed by atoms with E-state index in [1.165, 1.54) is 0 Å². The number of fused-ring (bicyclic) bond motifs is 2. The Kier molecular flexibility index (Phi) is 5.43. The van der Waals surface area contributed by atoms with Crippen molar-refractivity contribution in [3.8, 4) is 11.5 Å². The molecule has 5 rings (SSSR count). The molecular formula is C25H25N3O5. The maximum Gasteiger partial charge on any atom is 0.380 e. The smallest absolute Gasteiger partial charge is 0.380 e. The molecule has 0 bridgehead atoms. The monoisotopic (exact) mass is 447 g/mol. The number of benzene rings is 3. The second-order valence-electron chi connectivity index (χ2n) is 8.16. The van der Waals surface area contributed by atoms with E-state index in [9.17, 15) is 9.90 Å². The summed E-state index contributed by atoms with van der Waals surface area (Å²) in [7, 11) is 0. The van der Waals surface area contributed by atoms with Gasteiger partial charge < -0.3 is 25.3 Å². The fourth-order valence-electron chi connectivity index (χ4n) is 4.25. The minimum absolute atomic E-state index is 0.0289. The van der Waals surface area contributed by atoms with E-state index < -0.39 is 11.8 Å². The molecule has 3 aromatic carbocycles. The van der Waals surface area contributed by atoms with Gasteiger partial charge in [-0.1, -0.05) is 48.5 Å². The van der Waals surface area contributed by atoms with Crippen LogP contribution in [-0.4, -0.2) is 34.0 Å². The zero-order valence-electron chi connectivity index (χ0n) is 18.2. The molecule has 2 atom stereocenters. The standard InChI is InChI=1S/C25H25N3O5/c1-16(29)14-33-28-21-9-5-8-19(24(21)27(26)25(28)30)20(12-17-6-3-2-4-7-17)18-10-11-22-23(13-18)32-15-31-22/h2-11,13,16,20,29H,12,14-15,26H2,1H3. The van der Waals surface area contributed by atoms with Crippen LogP contribution in [0.15, 0.2) is 71.5 Å². The molecule has 0 amide bonds. The number of nitrogen functional groups attached to an aromatic ring is 1. The van der Waals surface area contributed by atoms with Crippen LogP contribution in [0, 0.1) is 0 Å². The molecule has 8 heteroatoms. The highest BCUT2D eigenvalue weighted by molar-refractivity contribution is 5.81. The molecule has 3 N–H and O–H groups in total. The fraction of sp³-hybridized carbons (Fsp3) is 0.240. The number of hydrogen-bond acceptors (Lipinski definition) is 6. The van der Waals surface area contributed by atoms with Gasteiger partial charge in [0.05, 0.1) is 11.6 Å². The van der Waals surface area contributed by atoms with Gasteiger partial charge in [-0.2, -0.15) is 0 Å². The number of aliphatic hydroxyl groups excluding tert-OH is 1. The Labute approximate surface area is 190 Å². The molecule has 0 saturated heterocycles. The Morgan fingerprint density at radius 1 is 1.06 bits per heavy atom. The first-order valence-corrected chi connectivity index (χ1v) is 10.8. The number of rotatable bonds is 7. The largest absolute Gasteiger partial charge is 0.454 e. The molecule has 33 heavy (non-hydrogen) atoms. The first kappa shape index (κ1) is 21.0. The van der Waals surface area contributed by atoms with E-state index in [-0.39, 0.29) is 19.3 Å². The lowest BCUT2D eigenvalue weighted by atomic mass is 9.85. The molecule has 8 nitrogen and oxygen atoms in total. The van der Waals surface area contributed by atoms with Crippen LogP contribution in [0.4, 0.5) is 0 Å². The molecule has 0 aliphatic carbocycles. The van der Waals surface area contributed by atoms with Crippen molar-refractivity contribution in [2.24, 2.45) is 0 Å². The van der Waals surface area contributed by atoms with Gasteiger partial charge in [0.1, 0.15) is 12.1 Å². The van der Waals surface area contributed by atoms with Crippen LogP contribution < -0.4 is 25.8 Å². The highest BCUT2D eigenvalue weighted by Gasteiger charge is 2.25. The number of ether oxygens (including phenoxy) is 2. The predicted octanol–water partition coefficient (Wildman–Crippen LogP) is 2.43. The number of nitrogens with zero attached hydrogens (tertiary/aromatic N) is 2. The minimum atomic E-state index is -0.726. The van der Waals surface area contributed by atoms with Gasteiger partial charge >= 0.3 is 5.69 Å². The molecule has 0 saturated carbocycles. The van der Waals surface area contributed by atoms with Crippen molar-refractivity contribution in [3.05, 3.63) is 93.9 Å². The summed E-state index contributed by atoms with van der Waals surface area (Å²) in [5.74, 6) is 7.53. The Hall–Kier alpha value is -3.91. The van der Waals surface area contributed by atoms with Gasteiger partial charge in [0.25, 0.3) is 0 Å². The average Bonchev–Trinajstić information content (AvgIpc) is 3.39. The molecule has 0 fully saturated rings. The third-order valence-corrected chi connectivity index (χ3v) is 5.79. The number of aliphatic hydroxyl groups is 1. The number of hydrogen-bond donors (Lipinski definition) is 2. The van der Waals surface area contributed by atoms with E-state index >= 15 is 0 Å². The summed E-state index contributed by atoms with van der Waals surface area (Å²) >= 11 is 0. The summed E-state index contributed by atoms with van der Waals surface area (Å²) in [5, 5.41) is 9.62. The van der Waals surface area contributed by atoms with Crippen molar-refractivity contribution >= 4 is 11.0 Å². The van der Waals surface area contributed by atoms with Crippen molar-refractivity contribution in [3.63, 3.8) is 0 Å². The van der Waals surface area contributed by atoms with Gasteiger partial charge in [-0.15, -0.1) is 4.73 Å². The third kappa shape index (κ3) is 3.89. The lowest BCUT2D eigenvalue weighted by Gasteiger charge is -2.20. The van der Waals surface area contributed by atoms with Gasteiger partial charge in [0, 0.05) is 5.92 Å². The van der Waals surface area contributed by atoms with Crippen molar-refractivity contribution in [1.82, 2.24) is 9.41 Å². The van der Waals surface area contributed by atoms with E-state index in [1.54, 1.807) is 13.0 Å². The molecule has 1 aromatic heterocycles.